The van der Waals surface area contributed by atoms with Crippen LogP contribution in [-0.2, 0) is 16.8 Å². The second-order valence-electron chi connectivity index (χ2n) is 13.2. The molecule has 6 heteroatoms. The van der Waals surface area contributed by atoms with Crippen LogP contribution in [0.5, 0.6) is 5.75 Å². The number of methoxy groups -OCH3 is 1. The number of hydrogen-bond acceptors (Lipinski definition) is 5. The summed E-state index contributed by atoms with van der Waals surface area (Å²) >= 11 is 0. The summed E-state index contributed by atoms with van der Waals surface area (Å²) in [5.41, 5.74) is 5.95. The van der Waals surface area contributed by atoms with Crippen molar-refractivity contribution in [2.24, 2.45) is 0 Å². The Kier molecular flexibility index (Phi) is 8.70. The second kappa shape index (κ2) is 13.2. The van der Waals surface area contributed by atoms with Crippen molar-refractivity contribution in [3.8, 4) is 16.9 Å². The molecular formula is C41H44N4O2. The maximum atomic E-state index is 14.5. The molecule has 1 amide bonds. The minimum atomic E-state index is -0.725. The van der Waals surface area contributed by atoms with Gasteiger partial charge in [0.2, 0.25) is 5.91 Å². The average molecular weight is 625 g/mol. The number of aromatic nitrogens is 1. The van der Waals surface area contributed by atoms with Crippen LogP contribution in [0.4, 0.5) is 5.82 Å². The summed E-state index contributed by atoms with van der Waals surface area (Å²) in [5.74, 6) is 1.94. The number of pyridine rings is 1. The lowest BCUT2D eigenvalue weighted by Gasteiger charge is -2.45. The summed E-state index contributed by atoms with van der Waals surface area (Å²) in [6, 6.07) is 38.4. The Bertz CT molecular complexity index is 1810. The van der Waals surface area contributed by atoms with Crippen LogP contribution in [-0.4, -0.2) is 54.6 Å². The zero-order valence-corrected chi connectivity index (χ0v) is 27.7. The van der Waals surface area contributed by atoms with Crippen molar-refractivity contribution in [3.05, 3.63) is 126 Å². The third-order valence-corrected chi connectivity index (χ3v) is 10.3. The van der Waals surface area contributed by atoms with Crippen molar-refractivity contribution in [3.63, 3.8) is 0 Å². The van der Waals surface area contributed by atoms with Gasteiger partial charge >= 0.3 is 0 Å². The third-order valence-electron chi connectivity index (χ3n) is 10.3. The Morgan fingerprint density at radius 2 is 1.45 bits per heavy atom. The van der Waals surface area contributed by atoms with Crippen molar-refractivity contribution in [1.82, 2.24) is 15.2 Å². The number of carbonyl (C=O) groups excluding carboxylic acids is 1. The van der Waals surface area contributed by atoms with Crippen LogP contribution in [0.25, 0.3) is 22.0 Å². The summed E-state index contributed by atoms with van der Waals surface area (Å²) in [4.78, 5) is 24.5. The van der Waals surface area contributed by atoms with Gasteiger partial charge < -0.3 is 15.0 Å². The lowest BCUT2D eigenvalue weighted by molar-refractivity contribution is -0.125. The van der Waals surface area contributed by atoms with Gasteiger partial charge in [0.15, 0.2) is 0 Å². The van der Waals surface area contributed by atoms with Gasteiger partial charge in [0.1, 0.15) is 17.0 Å². The smallest absolute Gasteiger partial charge is 0.235 e. The van der Waals surface area contributed by atoms with Crippen LogP contribution in [0.15, 0.2) is 109 Å². The largest absolute Gasteiger partial charge is 0.497 e. The molecule has 6 nitrogen and oxygen atoms in total. The van der Waals surface area contributed by atoms with Crippen LogP contribution in [0.2, 0.25) is 0 Å². The first-order valence-electron chi connectivity index (χ1n) is 16.9. The summed E-state index contributed by atoms with van der Waals surface area (Å²) in [7, 11) is 1.67. The van der Waals surface area contributed by atoms with E-state index >= 15 is 0 Å². The fourth-order valence-corrected chi connectivity index (χ4v) is 7.93. The Morgan fingerprint density at radius 1 is 0.809 bits per heavy atom. The number of benzene rings is 4. The lowest BCUT2D eigenvalue weighted by atomic mass is 9.73. The van der Waals surface area contributed by atoms with Gasteiger partial charge in [-0.3, -0.25) is 9.69 Å². The first kappa shape index (κ1) is 30.9. The minimum absolute atomic E-state index is 0.0731. The van der Waals surface area contributed by atoms with Gasteiger partial charge in [-0.2, -0.15) is 0 Å². The number of piperazine rings is 1. The highest BCUT2D eigenvalue weighted by molar-refractivity contribution is 6.00. The predicted molar refractivity (Wildman–Crippen MR) is 191 cm³/mol. The topological polar surface area (TPSA) is 57.7 Å². The Balaban J connectivity index is 1.06. The number of amides is 1. The number of nitrogens with one attached hydrogen (secondary N) is 1. The lowest BCUT2D eigenvalue weighted by Crippen LogP contribution is -2.57. The number of unbranched alkanes of at least 4 members (excludes halogenated alkanes) is 1. The normalized spacial score (nSPS) is 18.5. The molecule has 5 aromatic rings. The molecule has 1 N–H and O–H groups in total. The van der Waals surface area contributed by atoms with Gasteiger partial charge in [0.25, 0.3) is 0 Å². The molecule has 4 aromatic carbocycles. The fraction of sp³-hybridized carbons (Fsp3) is 0.317. The standard InChI is InChI=1S/C41H44N4O2/c1-29-27-44(39-23-20-32-12-4-9-17-38(32)43-39)28-30(2)45(29)25-11-10-24-41(40(46)42-26-31-18-21-33(47-3)22-19-31)36-15-7-5-13-34(36)35-14-6-8-16-37(35)41/h4-9,12-23,29-30H,10-11,24-28H2,1-3H3,(H,42,46)/t29-,30+. The number of carbonyl (C=O) groups is 1. The quantitative estimate of drug-likeness (QED) is 0.162. The van der Waals surface area contributed by atoms with Crippen molar-refractivity contribution >= 4 is 22.6 Å². The number of rotatable bonds is 10. The molecule has 240 valence electrons. The first-order chi connectivity index (χ1) is 23.0. The number of anilines is 1. The summed E-state index contributed by atoms with van der Waals surface area (Å²) in [5, 5.41) is 4.51. The van der Waals surface area contributed by atoms with Gasteiger partial charge in [-0.05, 0) is 91.4 Å². The number of fused-ring (bicyclic) bond motifs is 4. The molecule has 1 saturated heterocycles. The predicted octanol–water partition coefficient (Wildman–Crippen LogP) is 7.60. The Hall–Kier alpha value is -4.68. The van der Waals surface area contributed by atoms with Crippen molar-refractivity contribution in [2.45, 2.75) is 57.2 Å². The zero-order chi connectivity index (χ0) is 32.4. The highest BCUT2D eigenvalue weighted by atomic mass is 16.5. The van der Waals surface area contributed by atoms with Crippen molar-refractivity contribution < 1.29 is 9.53 Å². The van der Waals surface area contributed by atoms with E-state index in [2.05, 4.69) is 114 Å². The molecule has 1 aromatic heterocycles. The van der Waals surface area contributed by atoms with Crippen LogP contribution in [0, 0.1) is 0 Å². The van der Waals surface area contributed by atoms with Gasteiger partial charge in [-0.1, -0.05) is 85.3 Å². The van der Waals surface area contributed by atoms with E-state index in [1.165, 1.54) is 16.5 Å². The molecule has 1 aliphatic carbocycles. The van der Waals surface area contributed by atoms with Gasteiger partial charge in [0.05, 0.1) is 12.6 Å². The van der Waals surface area contributed by atoms with Crippen LogP contribution in [0.1, 0.15) is 49.8 Å². The van der Waals surface area contributed by atoms with Gasteiger partial charge in [-0.15, -0.1) is 0 Å². The molecular weight excluding hydrogens is 580 g/mol. The third kappa shape index (κ3) is 5.87. The molecule has 0 spiro atoms. The molecule has 47 heavy (non-hydrogen) atoms. The van der Waals surface area contributed by atoms with Crippen LogP contribution >= 0.6 is 0 Å². The summed E-state index contributed by atoms with van der Waals surface area (Å²) < 4.78 is 5.33. The molecule has 0 bridgehead atoms. The molecule has 0 saturated carbocycles. The van der Waals surface area contributed by atoms with Gasteiger partial charge in [0, 0.05) is 37.1 Å². The highest BCUT2D eigenvalue weighted by Gasteiger charge is 2.48. The fourth-order valence-electron chi connectivity index (χ4n) is 7.93. The number of nitrogens with zero attached hydrogens (tertiary/aromatic N) is 3. The van der Waals surface area contributed by atoms with Gasteiger partial charge in [-0.25, -0.2) is 4.98 Å². The highest BCUT2D eigenvalue weighted by Crippen LogP contribution is 2.51. The Morgan fingerprint density at radius 3 is 2.13 bits per heavy atom. The molecule has 7 rings (SSSR count). The monoisotopic (exact) mass is 624 g/mol. The van der Waals surface area contributed by atoms with Crippen molar-refractivity contribution in [1.29, 1.82) is 0 Å². The van der Waals surface area contributed by atoms with E-state index in [0.717, 1.165) is 72.7 Å². The van der Waals surface area contributed by atoms with E-state index in [4.69, 9.17) is 9.72 Å². The summed E-state index contributed by atoms with van der Waals surface area (Å²) in [6.45, 7) is 8.05. The molecule has 0 unspecified atom stereocenters. The zero-order valence-electron chi connectivity index (χ0n) is 27.7. The first-order valence-corrected chi connectivity index (χ1v) is 16.9. The summed E-state index contributed by atoms with van der Waals surface area (Å²) in [6.07, 6.45) is 2.74. The van der Waals surface area contributed by atoms with E-state index in [-0.39, 0.29) is 5.91 Å². The maximum Gasteiger partial charge on any atom is 0.235 e. The van der Waals surface area contributed by atoms with Crippen LogP contribution < -0.4 is 15.0 Å². The maximum absolute atomic E-state index is 14.5. The van der Waals surface area contributed by atoms with E-state index in [1.54, 1.807) is 7.11 Å². The number of hydrogen-bond donors (Lipinski definition) is 1. The minimum Gasteiger partial charge on any atom is -0.497 e. The number of ether oxygens (including phenoxy) is 1. The van der Waals surface area contributed by atoms with E-state index in [9.17, 15) is 4.79 Å². The van der Waals surface area contributed by atoms with E-state index < -0.39 is 5.41 Å². The molecule has 2 heterocycles. The molecule has 2 atom stereocenters. The molecule has 2 aliphatic rings. The van der Waals surface area contributed by atoms with E-state index in [1.807, 2.05) is 24.3 Å². The SMILES string of the molecule is COc1ccc(CNC(=O)C2(CCCCN3[C@H](C)CN(c4ccc5ccccc5n4)C[C@@H]3C)c3ccccc3-c3ccccc32)cc1. The molecule has 0 radical (unpaired) electrons. The number of para-hydroxylation sites is 1. The van der Waals surface area contributed by atoms with E-state index in [0.29, 0.717) is 18.6 Å². The average Bonchev–Trinajstić information content (AvgIpc) is 3.40. The van der Waals surface area contributed by atoms with Crippen LogP contribution in [0.3, 0.4) is 0 Å². The molecule has 1 aliphatic heterocycles. The Labute approximate surface area is 278 Å². The molecule has 1 fully saturated rings. The van der Waals surface area contributed by atoms with Crippen molar-refractivity contribution in [2.75, 3.05) is 31.6 Å². The second-order valence-corrected chi connectivity index (χ2v) is 13.2.